The highest BCUT2D eigenvalue weighted by atomic mass is 28.3. The van der Waals surface area contributed by atoms with Crippen molar-refractivity contribution in [2.24, 2.45) is 0 Å². The lowest BCUT2D eigenvalue weighted by molar-refractivity contribution is 1.18. The van der Waals surface area contributed by atoms with E-state index in [1.807, 2.05) is 0 Å². The maximum atomic E-state index is 2.48. The Hall–Kier alpha value is -10.5. The Morgan fingerprint density at radius 2 is 0.451 bits per heavy atom. The molecule has 3 nitrogen and oxygen atoms in total. The van der Waals surface area contributed by atoms with Crippen molar-refractivity contribution in [2.45, 2.75) is 0 Å². The van der Waals surface area contributed by atoms with E-state index in [1.165, 1.54) is 109 Å². The molecule has 0 N–H and O–H groups in total. The van der Waals surface area contributed by atoms with Gasteiger partial charge in [0, 0.05) is 49.4 Å². The van der Waals surface area contributed by atoms with Gasteiger partial charge in [0.25, 0.3) is 0 Å². The first-order chi connectivity index (χ1) is 40.7. The second-order valence-electron chi connectivity index (χ2n) is 21.6. The van der Waals surface area contributed by atoms with Crippen LogP contribution < -0.4 is 20.7 Å². The molecule has 0 fully saturated rings. The van der Waals surface area contributed by atoms with Crippen molar-refractivity contribution in [3.63, 3.8) is 0 Å². The number of benzene rings is 13. The van der Waals surface area contributed by atoms with Gasteiger partial charge in [-0.3, -0.25) is 0 Å². The predicted molar refractivity (Wildman–Crippen MR) is 349 cm³/mol. The molecule has 384 valence electrons. The standard InChI is InChI=1S/C78H53N3Si/c1-6-24-60(25-7-1)79-73-38-18-16-36-67(73)69-50-56(40-44-75(69)79)58-42-46-77-71(52-58)72-53-59(57-41-45-76-70(51-57)68-37-17-19-39-74(68)80(76)61-26-8-2-9-27-61)43-47-78(72)81(77)62-28-20-22-54(48-62)55-23-21-35-66(49-55)82(63-29-10-3-11-30-63,64-31-12-4-13-32-64)65-33-14-5-15-34-65/h1-53H. The molecule has 0 aliphatic heterocycles. The van der Waals surface area contributed by atoms with Gasteiger partial charge in [-0.2, -0.15) is 0 Å². The molecule has 82 heavy (non-hydrogen) atoms. The predicted octanol–water partition coefficient (Wildman–Crippen LogP) is 17.4. The van der Waals surface area contributed by atoms with Crippen LogP contribution in [-0.2, 0) is 0 Å². The molecule has 16 rings (SSSR count). The summed E-state index contributed by atoms with van der Waals surface area (Å²) in [6.45, 7) is 0. The first-order valence-corrected chi connectivity index (χ1v) is 30.3. The van der Waals surface area contributed by atoms with Crippen molar-refractivity contribution in [1.29, 1.82) is 0 Å². The maximum absolute atomic E-state index is 2.77. The van der Waals surface area contributed by atoms with Crippen molar-refractivity contribution in [3.05, 3.63) is 322 Å². The van der Waals surface area contributed by atoms with E-state index in [9.17, 15) is 0 Å². The molecular formula is C78H53N3Si. The zero-order valence-corrected chi connectivity index (χ0v) is 45.9. The lowest BCUT2D eigenvalue weighted by Crippen LogP contribution is -2.74. The average Bonchev–Trinajstić information content (AvgIpc) is 4.27. The molecule has 16 aromatic rings. The van der Waals surface area contributed by atoms with Gasteiger partial charge in [0.1, 0.15) is 0 Å². The van der Waals surface area contributed by atoms with Gasteiger partial charge in [0.2, 0.25) is 0 Å². The van der Waals surface area contributed by atoms with Gasteiger partial charge >= 0.3 is 0 Å². The van der Waals surface area contributed by atoms with Gasteiger partial charge in [-0.25, -0.2) is 0 Å². The van der Waals surface area contributed by atoms with Crippen LogP contribution in [0.1, 0.15) is 0 Å². The van der Waals surface area contributed by atoms with E-state index in [1.54, 1.807) is 0 Å². The summed E-state index contributed by atoms with van der Waals surface area (Å²) >= 11 is 0. The second-order valence-corrected chi connectivity index (χ2v) is 25.4. The lowest BCUT2D eigenvalue weighted by Gasteiger charge is -2.34. The summed E-state index contributed by atoms with van der Waals surface area (Å²) in [6.07, 6.45) is 0. The molecule has 0 aliphatic rings. The van der Waals surface area contributed by atoms with Gasteiger partial charge < -0.3 is 13.7 Å². The number of aromatic nitrogens is 3. The summed E-state index contributed by atoms with van der Waals surface area (Å²) in [7, 11) is -2.77. The number of rotatable bonds is 10. The highest BCUT2D eigenvalue weighted by Crippen LogP contribution is 2.41. The van der Waals surface area contributed by atoms with E-state index in [2.05, 4.69) is 335 Å². The third kappa shape index (κ3) is 7.57. The second kappa shape index (κ2) is 19.4. The number of para-hydroxylation sites is 4. The Kier molecular flexibility index (Phi) is 11.2. The third-order valence-electron chi connectivity index (χ3n) is 17.2. The number of nitrogens with zero attached hydrogens (tertiary/aromatic N) is 3. The molecule has 0 radical (unpaired) electrons. The molecule has 0 saturated heterocycles. The summed E-state index contributed by atoms with van der Waals surface area (Å²) in [5, 5.41) is 12.8. The molecule has 3 aromatic heterocycles. The molecule has 0 atom stereocenters. The van der Waals surface area contributed by atoms with Gasteiger partial charge in [-0.05, 0) is 151 Å². The van der Waals surface area contributed by atoms with Crippen molar-refractivity contribution in [2.75, 3.05) is 0 Å². The van der Waals surface area contributed by atoms with E-state index in [4.69, 9.17) is 0 Å². The number of hydrogen-bond acceptors (Lipinski definition) is 0. The van der Waals surface area contributed by atoms with Crippen LogP contribution in [0.4, 0.5) is 0 Å². The smallest absolute Gasteiger partial charge is 0.179 e. The third-order valence-corrected chi connectivity index (χ3v) is 21.9. The number of hydrogen-bond donors (Lipinski definition) is 0. The van der Waals surface area contributed by atoms with Gasteiger partial charge in [0.05, 0.1) is 33.1 Å². The van der Waals surface area contributed by atoms with E-state index in [0.29, 0.717) is 0 Å². The molecule has 13 aromatic carbocycles. The van der Waals surface area contributed by atoms with Crippen molar-refractivity contribution in [1.82, 2.24) is 13.7 Å². The molecule has 0 unspecified atom stereocenters. The molecule has 3 heterocycles. The fourth-order valence-corrected chi connectivity index (χ4v) is 18.3. The monoisotopic (exact) mass is 1060 g/mol. The van der Waals surface area contributed by atoms with Crippen LogP contribution >= 0.6 is 0 Å². The van der Waals surface area contributed by atoms with Crippen LogP contribution in [0.5, 0.6) is 0 Å². The van der Waals surface area contributed by atoms with Gasteiger partial charge in [0.15, 0.2) is 8.07 Å². The molecule has 4 heteroatoms. The maximum Gasteiger partial charge on any atom is 0.179 e. The van der Waals surface area contributed by atoms with E-state index < -0.39 is 8.07 Å². The minimum Gasteiger partial charge on any atom is -0.309 e. The molecule has 0 aliphatic carbocycles. The molecule has 0 bridgehead atoms. The molecule has 0 saturated carbocycles. The van der Waals surface area contributed by atoms with E-state index in [-0.39, 0.29) is 0 Å². The Morgan fingerprint density at radius 1 is 0.171 bits per heavy atom. The van der Waals surface area contributed by atoms with Crippen LogP contribution in [0.3, 0.4) is 0 Å². The van der Waals surface area contributed by atoms with Gasteiger partial charge in [-0.1, -0.05) is 224 Å². The highest BCUT2D eigenvalue weighted by Gasteiger charge is 2.41. The SMILES string of the molecule is c1ccc(-n2c3ccccc3c3cc(-c4ccc5c(c4)c4cc(-c6ccc7c(c6)c6ccccc6n7-c6ccccc6)ccc4n5-c4cccc(-c5cccc([Si](c6ccccc6)(c6ccccc6)c6ccccc6)c5)c4)ccc32)cc1. The first-order valence-electron chi connectivity index (χ1n) is 28.3. The summed E-state index contributed by atoms with van der Waals surface area (Å²) in [5.41, 5.74) is 17.6. The topological polar surface area (TPSA) is 14.8 Å². The fourth-order valence-electron chi connectivity index (χ4n) is 13.5. The van der Waals surface area contributed by atoms with Crippen LogP contribution in [-0.4, -0.2) is 21.8 Å². The Labute approximate surface area is 477 Å². The van der Waals surface area contributed by atoms with Crippen molar-refractivity contribution < 1.29 is 0 Å². The quantitative estimate of drug-likeness (QED) is 0.0958. The van der Waals surface area contributed by atoms with E-state index >= 15 is 0 Å². The fraction of sp³-hybridized carbons (Fsp3) is 0. The Balaban J connectivity index is 0.878. The average molecular weight is 1060 g/mol. The minimum absolute atomic E-state index is 1.12. The van der Waals surface area contributed by atoms with Crippen molar-refractivity contribution in [3.8, 4) is 50.4 Å². The summed E-state index contributed by atoms with van der Waals surface area (Å²) in [6, 6.07) is 119. The summed E-state index contributed by atoms with van der Waals surface area (Å²) in [5.74, 6) is 0. The Morgan fingerprint density at radius 3 is 0.866 bits per heavy atom. The largest absolute Gasteiger partial charge is 0.309 e. The van der Waals surface area contributed by atoms with Crippen LogP contribution in [0.2, 0.25) is 0 Å². The van der Waals surface area contributed by atoms with Gasteiger partial charge in [-0.15, -0.1) is 0 Å². The zero-order valence-electron chi connectivity index (χ0n) is 44.9. The summed E-state index contributed by atoms with van der Waals surface area (Å²) < 4.78 is 7.26. The minimum atomic E-state index is -2.77. The molecule has 0 amide bonds. The summed E-state index contributed by atoms with van der Waals surface area (Å²) in [4.78, 5) is 0. The molecular weight excluding hydrogens is 1010 g/mol. The lowest BCUT2D eigenvalue weighted by atomic mass is 9.98. The first kappa shape index (κ1) is 47.5. The Bertz CT molecular complexity index is 4770. The normalized spacial score (nSPS) is 11.9. The highest BCUT2D eigenvalue weighted by molar-refractivity contribution is 7.19. The van der Waals surface area contributed by atoms with Crippen LogP contribution in [0.25, 0.3) is 116 Å². The molecule has 0 spiro atoms. The van der Waals surface area contributed by atoms with Crippen LogP contribution in [0, 0.1) is 0 Å². The van der Waals surface area contributed by atoms with E-state index in [0.717, 1.165) is 28.1 Å². The van der Waals surface area contributed by atoms with Crippen LogP contribution in [0.15, 0.2) is 322 Å². The zero-order chi connectivity index (χ0) is 54.1. The van der Waals surface area contributed by atoms with Crippen molar-refractivity contribution >= 4 is 94.2 Å². The number of fused-ring (bicyclic) bond motifs is 9.